The van der Waals surface area contributed by atoms with Crippen molar-refractivity contribution in [2.75, 3.05) is 53.0 Å². The van der Waals surface area contributed by atoms with Crippen LogP contribution in [0.3, 0.4) is 0 Å². The number of halogens is 3. The predicted molar refractivity (Wildman–Crippen MR) is 239 cm³/mol. The minimum Gasteiger partial charge on any atom is -0.494 e. The van der Waals surface area contributed by atoms with Crippen molar-refractivity contribution in [3.05, 3.63) is 76.9 Å². The van der Waals surface area contributed by atoms with Crippen LogP contribution in [0.2, 0.25) is 0 Å². The molecule has 0 aliphatic carbocycles. The van der Waals surface area contributed by atoms with Crippen LogP contribution >= 0.6 is 0 Å². The summed E-state index contributed by atoms with van der Waals surface area (Å²) in [5, 5.41) is 19.2. The van der Waals surface area contributed by atoms with Crippen molar-refractivity contribution in [3.8, 4) is 34.4 Å². The fourth-order valence-corrected chi connectivity index (χ4v) is 7.31. The number of hydrogen-bond donors (Lipinski definition) is 7. The molecule has 0 radical (unpaired) electrons. The number of ether oxygens (including phenoxy) is 3. The van der Waals surface area contributed by atoms with Crippen molar-refractivity contribution < 1.29 is 51.4 Å². The number of benzene rings is 3. The molecule has 10 N–H and O–H groups in total. The van der Waals surface area contributed by atoms with Gasteiger partial charge >= 0.3 is 6.18 Å². The molecule has 66 heavy (non-hydrogen) atoms. The maximum Gasteiger partial charge on any atom is 0.417 e. The second-order valence-electron chi connectivity index (χ2n) is 15.7. The van der Waals surface area contributed by atoms with Crippen molar-refractivity contribution in [3.63, 3.8) is 0 Å². The van der Waals surface area contributed by atoms with Crippen molar-refractivity contribution in [1.82, 2.24) is 26.2 Å². The maximum absolute atomic E-state index is 14.6. The molecule has 1 heterocycles. The van der Waals surface area contributed by atoms with E-state index in [1.54, 1.807) is 30.3 Å². The summed E-state index contributed by atoms with van der Waals surface area (Å²) < 4.78 is 61.1. The maximum atomic E-state index is 14.6. The van der Waals surface area contributed by atoms with Gasteiger partial charge in [-0.15, -0.1) is 0 Å². The van der Waals surface area contributed by atoms with Crippen LogP contribution in [0.5, 0.6) is 17.2 Å². The fraction of sp³-hybridized carbons (Fsp3) is 0.478. The zero-order chi connectivity index (χ0) is 48.4. The van der Waals surface area contributed by atoms with Gasteiger partial charge in [-0.25, -0.2) is 0 Å². The summed E-state index contributed by atoms with van der Waals surface area (Å²) in [4.78, 5) is 70.8. The van der Waals surface area contributed by atoms with E-state index < -0.39 is 71.0 Å². The Morgan fingerprint density at radius 3 is 2.17 bits per heavy atom. The Morgan fingerprint density at radius 1 is 0.864 bits per heavy atom. The summed E-state index contributed by atoms with van der Waals surface area (Å²) in [5.74, 6) is -3.93. The van der Waals surface area contributed by atoms with Gasteiger partial charge in [-0.2, -0.15) is 18.4 Å². The third kappa shape index (κ3) is 14.3. The van der Waals surface area contributed by atoms with Gasteiger partial charge in [-0.05, 0) is 79.9 Å². The average molecular weight is 924 g/mol. The highest BCUT2D eigenvalue weighted by Gasteiger charge is 2.39. The normalized spacial score (nSPS) is 16.6. The fourth-order valence-electron chi connectivity index (χ4n) is 7.31. The Kier molecular flexibility index (Phi) is 20.0. The minimum absolute atomic E-state index is 0.0534. The molecule has 20 heteroatoms. The smallest absolute Gasteiger partial charge is 0.417 e. The number of unbranched alkanes of at least 4 members (excludes halogenated alkanes) is 4. The summed E-state index contributed by atoms with van der Waals surface area (Å²) in [6, 6.07) is 8.82. The first-order chi connectivity index (χ1) is 31.6. The monoisotopic (exact) mass is 923 g/mol. The van der Waals surface area contributed by atoms with Crippen LogP contribution in [0, 0.1) is 11.3 Å². The van der Waals surface area contributed by atoms with E-state index in [1.165, 1.54) is 26.1 Å². The molecule has 358 valence electrons. The lowest BCUT2D eigenvalue weighted by molar-refractivity contribution is -0.141. The highest BCUT2D eigenvalue weighted by molar-refractivity contribution is 6.00. The number of likely N-dealkylation sites (N-methyl/N-ethyl adjacent to an activating group) is 1. The number of alkyl halides is 3. The summed E-state index contributed by atoms with van der Waals surface area (Å²) in [7, 11) is 1.26. The summed E-state index contributed by atoms with van der Waals surface area (Å²) in [5.41, 5.74) is 16.9. The molecule has 0 fully saturated rings. The molecule has 5 amide bonds. The molecule has 4 rings (SSSR count). The molecular weight excluding hydrogens is 864 g/mol. The van der Waals surface area contributed by atoms with Gasteiger partial charge in [0.15, 0.2) is 0 Å². The SMILES string of the molecule is CCCCCCCOc1ccc(C(=O)N[C@@H](CCN)C(=O)N(C)[C@@H]2C(=O)N[C@@H](C)C(=O)N[C@H](C(=O)NCC#N)Cc3ccc(OCCN)c(c3)-c3cc2ccc3OCCN)c(C(F)(F)F)c1. The van der Waals surface area contributed by atoms with Crippen LogP contribution in [0.4, 0.5) is 13.2 Å². The topological polar surface area (TPSA) is 266 Å². The average Bonchev–Trinajstić information content (AvgIpc) is 3.29. The van der Waals surface area contributed by atoms with Crippen molar-refractivity contribution in [2.45, 2.75) is 89.1 Å². The van der Waals surface area contributed by atoms with E-state index in [0.29, 0.717) is 34.6 Å². The molecule has 0 aromatic heterocycles. The molecule has 3 aromatic rings. The number of nitriles is 1. The number of nitrogens with two attached hydrogens (primary N) is 3. The van der Waals surface area contributed by atoms with E-state index in [4.69, 9.17) is 36.7 Å². The third-order valence-electron chi connectivity index (χ3n) is 10.7. The first-order valence-corrected chi connectivity index (χ1v) is 21.9. The standard InChI is InChI=1S/C46H60F3N9O8/c1-4-5-6-7-8-21-64-31-11-12-32(35(27-31)46(47,48)49)42(60)56-36(15-16-50)45(63)58(3)40-30-10-14-39(66-23-19-53)34(26-30)33-24-29(9-13-38(33)65-22-18-52)25-37(43(61)54-20-17-51)57-41(59)28(2)55-44(40)62/h9-14,24,26-28,36-37,40H,4-8,15-16,18-23,25,50,52-53H2,1-3H3,(H,54,61)(H,55,62)(H,56,60)(H,57,59)/t28-,36-,37-,40-/m0/s1. The number of hydrogen-bond acceptors (Lipinski definition) is 12. The Hall–Kier alpha value is -6.43. The largest absolute Gasteiger partial charge is 0.494 e. The molecule has 3 aromatic carbocycles. The predicted octanol–water partition coefficient (Wildman–Crippen LogP) is 3.23. The second kappa shape index (κ2) is 25.3. The van der Waals surface area contributed by atoms with Crippen molar-refractivity contribution in [2.24, 2.45) is 17.2 Å². The Labute approximate surface area is 382 Å². The molecule has 4 atom stereocenters. The summed E-state index contributed by atoms with van der Waals surface area (Å²) in [6.07, 6.45) is -0.753. The van der Waals surface area contributed by atoms with Crippen LogP contribution in [0.25, 0.3) is 11.1 Å². The Morgan fingerprint density at radius 2 is 1.53 bits per heavy atom. The molecule has 0 unspecified atom stereocenters. The number of nitrogens with one attached hydrogen (secondary N) is 4. The number of rotatable bonds is 21. The van der Waals surface area contributed by atoms with Gasteiger partial charge in [0.2, 0.25) is 23.6 Å². The van der Waals surface area contributed by atoms with Crippen LogP contribution in [0.1, 0.15) is 85.5 Å². The minimum atomic E-state index is -4.98. The van der Waals surface area contributed by atoms with E-state index in [1.807, 2.05) is 6.07 Å². The van der Waals surface area contributed by atoms with Gasteiger partial charge < -0.3 is 57.6 Å². The number of fused-ring (bicyclic) bond motifs is 5. The van der Waals surface area contributed by atoms with E-state index in [-0.39, 0.29) is 70.2 Å². The van der Waals surface area contributed by atoms with E-state index in [2.05, 4.69) is 28.2 Å². The quantitative estimate of drug-likeness (QED) is 0.0600. The van der Waals surface area contributed by atoms with Crippen molar-refractivity contribution >= 4 is 29.5 Å². The van der Waals surface area contributed by atoms with Crippen molar-refractivity contribution in [1.29, 1.82) is 5.26 Å². The molecule has 1 aliphatic heterocycles. The van der Waals surface area contributed by atoms with Gasteiger partial charge in [0, 0.05) is 37.7 Å². The summed E-state index contributed by atoms with van der Waals surface area (Å²) >= 11 is 0. The van der Waals surface area contributed by atoms with Crippen LogP contribution in [-0.4, -0.2) is 106 Å². The lowest BCUT2D eigenvalue weighted by atomic mass is 9.93. The van der Waals surface area contributed by atoms with E-state index in [0.717, 1.165) is 42.7 Å². The zero-order valence-corrected chi connectivity index (χ0v) is 37.4. The highest BCUT2D eigenvalue weighted by Crippen LogP contribution is 2.40. The lowest BCUT2D eigenvalue weighted by Gasteiger charge is -2.32. The Bertz CT molecular complexity index is 2200. The molecule has 17 nitrogen and oxygen atoms in total. The number of nitrogens with zero attached hydrogens (tertiary/aromatic N) is 2. The lowest BCUT2D eigenvalue weighted by Crippen LogP contribution is -2.56. The first kappa shape index (κ1) is 52.2. The van der Waals surface area contributed by atoms with Crippen LogP contribution < -0.4 is 52.7 Å². The van der Waals surface area contributed by atoms with Gasteiger partial charge in [-0.1, -0.05) is 44.7 Å². The molecule has 0 saturated heterocycles. The molecular formula is C46H60F3N9O8. The molecule has 4 bridgehead atoms. The molecule has 0 spiro atoms. The van der Waals surface area contributed by atoms with Crippen LogP contribution in [0.15, 0.2) is 54.6 Å². The van der Waals surface area contributed by atoms with E-state index in [9.17, 15) is 37.1 Å². The highest BCUT2D eigenvalue weighted by atomic mass is 19.4. The third-order valence-corrected chi connectivity index (χ3v) is 10.7. The van der Waals surface area contributed by atoms with Gasteiger partial charge in [0.05, 0.1) is 23.8 Å². The first-order valence-electron chi connectivity index (χ1n) is 21.9. The molecule has 1 aliphatic rings. The van der Waals surface area contributed by atoms with Gasteiger partial charge in [0.1, 0.15) is 61.2 Å². The second-order valence-corrected chi connectivity index (χ2v) is 15.7. The summed E-state index contributed by atoms with van der Waals surface area (Å²) in [6.45, 7) is 3.52. The Balaban J connectivity index is 1.80. The number of amides is 5. The van der Waals surface area contributed by atoms with Crippen LogP contribution in [-0.2, 0) is 31.8 Å². The molecule has 0 saturated carbocycles. The van der Waals surface area contributed by atoms with Gasteiger partial charge in [0.25, 0.3) is 5.91 Å². The van der Waals surface area contributed by atoms with Gasteiger partial charge in [-0.3, -0.25) is 24.0 Å². The number of carbonyl (C=O) groups excluding carboxylic acids is 5. The van der Waals surface area contributed by atoms with E-state index >= 15 is 0 Å². The zero-order valence-electron chi connectivity index (χ0n) is 37.4. The number of carbonyl (C=O) groups is 5.